The van der Waals surface area contributed by atoms with E-state index in [1.165, 1.54) is 32.4 Å². The lowest BCUT2D eigenvalue weighted by Gasteiger charge is -2.45. The molecule has 0 aromatic heterocycles. The van der Waals surface area contributed by atoms with Crippen molar-refractivity contribution >= 4 is 0 Å². The highest BCUT2D eigenvalue weighted by molar-refractivity contribution is 4.90. The third-order valence-electron chi connectivity index (χ3n) is 3.71. The smallest absolute Gasteiger partial charge is 0.0306 e. The van der Waals surface area contributed by atoms with Gasteiger partial charge in [0.1, 0.15) is 0 Å². The molecule has 0 radical (unpaired) electrons. The molecule has 1 heterocycles. The molecular formula is C13H28N2. The predicted molar refractivity (Wildman–Crippen MR) is 66.9 cm³/mol. The fourth-order valence-corrected chi connectivity index (χ4v) is 2.90. The summed E-state index contributed by atoms with van der Waals surface area (Å²) < 4.78 is 0. The minimum Gasteiger partial charge on any atom is -0.329 e. The molecule has 90 valence electrons. The van der Waals surface area contributed by atoms with Gasteiger partial charge in [-0.25, -0.2) is 0 Å². The third kappa shape index (κ3) is 3.46. The second kappa shape index (κ2) is 5.31. The molecule has 2 N–H and O–H groups in total. The number of rotatable bonds is 4. The molecule has 2 heteroatoms. The van der Waals surface area contributed by atoms with Crippen LogP contribution in [-0.4, -0.2) is 30.1 Å². The molecule has 1 rings (SSSR count). The Balaban J connectivity index is 2.62. The molecule has 0 spiro atoms. The van der Waals surface area contributed by atoms with Gasteiger partial charge in [0.05, 0.1) is 0 Å². The van der Waals surface area contributed by atoms with Crippen LogP contribution in [0.25, 0.3) is 0 Å². The van der Waals surface area contributed by atoms with Gasteiger partial charge in [-0.3, -0.25) is 4.90 Å². The van der Waals surface area contributed by atoms with Gasteiger partial charge in [0.25, 0.3) is 0 Å². The first kappa shape index (κ1) is 13.0. The van der Waals surface area contributed by atoms with Gasteiger partial charge < -0.3 is 5.73 Å². The number of piperidine rings is 1. The van der Waals surface area contributed by atoms with Gasteiger partial charge in [0.2, 0.25) is 0 Å². The van der Waals surface area contributed by atoms with E-state index < -0.39 is 0 Å². The second-order valence-corrected chi connectivity index (χ2v) is 5.99. The summed E-state index contributed by atoms with van der Waals surface area (Å²) in [5.74, 6) is 1.58. The van der Waals surface area contributed by atoms with Crippen molar-refractivity contribution in [1.29, 1.82) is 0 Å². The summed E-state index contributed by atoms with van der Waals surface area (Å²) in [7, 11) is 0. The number of hydrogen-bond acceptors (Lipinski definition) is 2. The lowest BCUT2D eigenvalue weighted by atomic mass is 9.86. The summed E-state index contributed by atoms with van der Waals surface area (Å²) >= 11 is 0. The molecule has 0 aromatic rings. The monoisotopic (exact) mass is 212 g/mol. The van der Waals surface area contributed by atoms with E-state index in [0.717, 1.165) is 18.4 Å². The van der Waals surface area contributed by atoms with Gasteiger partial charge in [-0.2, -0.15) is 0 Å². The Labute approximate surface area is 95.2 Å². The Morgan fingerprint density at radius 3 is 2.60 bits per heavy atom. The Bertz CT molecular complexity index is 191. The van der Waals surface area contributed by atoms with Gasteiger partial charge in [-0.15, -0.1) is 0 Å². The maximum absolute atomic E-state index is 5.99. The van der Waals surface area contributed by atoms with Crippen molar-refractivity contribution in [3.8, 4) is 0 Å². The number of hydrogen-bond donors (Lipinski definition) is 1. The van der Waals surface area contributed by atoms with Crippen LogP contribution >= 0.6 is 0 Å². The normalized spacial score (nSPS) is 28.0. The zero-order valence-corrected chi connectivity index (χ0v) is 10.9. The minimum atomic E-state index is 0.225. The largest absolute Gasteiger partial charge is 0.329 e. The van der Waals surface area contributed by atoms with Gasteiger partial charge >= 0.3 is 0 Å². The number of nitrogens with zero attached hydrogens (tertiary/aromatic N) is 1. The first-order valence-corrected chi connectivity index (χ1v) is 6.43. The molecule has 2 unspecified atom stereocenters. The molecule has 1 fully saturated rings. The van der Waals surface area contributed by atoms with Gasteiger partial charge in [0.15, 0.2) is 0 Å². The zero-order chi connectivity index (χ0) is 11.5. The van der Waals surface area contributed by atoms with Crippen LogP contribution in [0.15, 0.2) is 0 Å². The average Bonchev–Trinajstić information content (AvgIpc) is 2.16. The third-order valence-corrected chi connectivity index (χ3v) is 3.71. The van der Waals surface area contributed by atoms with Crippen LogP contribution in [-0.2, 0) is 0 Å². The fourth-order valence-electron chi connectivity index (χ4n) is 2.90. The number of nitrogens with two attached hydrogens (primary N) is 1. The molecule has 1 aliphatic rings. The predicted octanol–water partition coefficient (Wildman–Crippen LogP) is 2.48. The van der Waals surface area contributed by atoms with Crippen LogP contribution in [0.5, 0.6) is 0 Å². The summed E-state index contributed by atoms with van der Waals surface area (Å²) in [6.45, 7) is 12.6. The van der Waals surface area contributed by atoms with Crippen molar-refractivity contribution in [2.75, 3.05) is 19.6 Å². The van der Waals surface area contributed by atoms with Crippen LogP contribution < -0.4 is 5.73 Å². The van der Waals surface area contributed by atoms with Crippen molar-refractivity contribution in [1.82, 2.24) is 4.90 Å². The Morgan fingerprint density at radius 2 is 2.13 bits per heavy atom. The van der Waals surface area contributed by atoms with E-state index in [9.17, 15) is 0 Å². The van der Waals surface area contributed by atoms with Gasteiger partial charge in [-0.1, -0.05) is 20.8 Å². The van der Waals surface area contributed by atoms with Crippen molar-refractivity contribution in [2.24, 2.45) is 17.6 Å². The summed E-state index contributed by atoms with van der Waals surface area (Å²) in [5, 5.41) is 0. The molecule has 0 saturated carbocycles. The maximum atomic E-state index is 5.99. The Hall–Kier alpha value is -0.0800. The summed E-state index contributed by atoms with van der Waals surface area (Å²) in [6.07, 6.45) is 3.95. The Kier molecular flexibility index (Phi) is 4.60. The average molecular weight is 212 g/mol. The first-order chi connectivity index (χ1) is 6.98. The molecular weight excluding hydrogens is 184 g/mol. The topological polar surface area (TPSA) is 29.3 Å². The van der Waals surface area contributed by atoms with E-state index in [1.807, 2.05) is 0 Å². The summed E-state index contributed by atoms with van der Waals surface area (Å²) in [5.41, 5.74) is 6.21. The van der Waals surface area contributed by atoms with Crippen molar-refractivity contribution in [2.45, 2.75) is 52.5 Å². The highest BCUT2D eigenvalue weighted by Gasteiger charge is 2.33. The lowest BCUT2D eigenvalue weighted by Crippen LogP contribution is -2.55. The first-order valence-electron chi connectivity index (χ1n) is 6.43. The van der Waals surface area contributed by atoms with Gasteiger partial charge in [-0.05, 0) is 44.6 Å². The molecule has 0 bridgehead atoms. The van der Waals surface area contributed by atoms with Crippen molar-refractivity contribution in [3.05, 3.63) is 0 Å². The molecule has 0 aliphatic carbocycles. The Morgan fingerprint density at radius 1 is 1.47 bits per heavy atom. The molecule has 15 heavy (non-hydrogen) atoms. The molecule has 2 atom stereocenters. The number of likely N-dealkylation sites (tertiary alicyclic amines) is 1. The highest BCUT2D eigenvalue weighted by Crippen LogP contribution is 2.28. The molecule has 0 aromatic carbocycles. The van der Waals surface area contributed by atoms with Crippen molar-refractivity contribution < 1.29 is 0 Å². The van der Waals surface area contributed by atoms with Crippen LogP contribution in [0, 0.1) is 11.8 Å². The molecule has 0 amide bonds. The molecule has 2 nitrogen and oxygen atoms in total. The van der Waals surface area contributed by atoms with E-state index in [-0.39, 0.29) is 5.54 Å². The van der Waals surface area contributed by atoms with Crippen LogP contribution in [0.3, 0.4) is 0 Å². The maximum Gasteiger partial charge on any atom is 0.0306 e. The summed E-state index contributed by atoms with van der Waals surface area (Å²) in [6, 6.07) is 0. The highest BCUT2D eigenvalue weighted by atomic mass is 15.2. The van der Waals surface area contributed by atoms with E-state index in [1.54, 1.807) is 0 Å². The SMILES string of the molecule is CC(C)CC(C)(CN)N1CCCC(C)C1. The van der Waals surface area contributed by atoms with E-state index in [2.05, 4.69) is 32.6 Å². The second-order valence-electron chi connectivity index (χ2n) is 5.99. The van der Waals surface area contributed by atoms with Crippen LogP contribution in [0.2, 0.25) is 0 Å². The minimum absolute atomic E-state index is 0.225. The van der Waals surface area contributed by atoms with Crippen molar-refractivity contribution in [3.63, 3.8) is 0 Å². The van der Waals surface area contributed by atoms with Gasteiger partial charge in [0, 0.05) is 18.6 Å². The van der Waals surface area contributed by atoms with E-state index in [0.29, 0.717) is 0 Å². The summed E-state index contributed by atoms with van der Waals surface area (Å²) in [4.78, 5) is 2.63. The van der Waals surface area contributed by atoms with Crippen LogP contribution in [0.1, 0.15) is 47.0 Å². The standard InChI is InChI=1S/C13H28N2/c1-11(2)8-13(4,10-14)15-7-5-6-12(3)9-15/h11-12H,5-10,14H2,1-4H3. The zero-order valence-electron chi connectivity index (χ0n) is 10.9. The van der Waals surface area contributed by atoms with E-state index >= 15 is 0 Å². The molecule has 1 saturated heterocycles. The van der Waals surface area contributed by atoms with Crippen LogP contribution in [0.4, 0.5) is 0 Å². The fraction of sp³-hybridized carbons (Fsp3) is 1.00. The molecule has 1 aliphatic heterocycles. The van der Waals surface area contributed by atoms with E-state index in [4.69, 9.17) is 5.73 Å². The quantitative estimate of drug-likeness (QED) is 0.776. The lowest BCUT2D eigenvalue weighted by molar-refractivity contribution is 0.0489.